The highest BCUT2D eigenvalue weighted by atomic mass is 16.2. The van der Waals surface area contributed by atoms with Gasteiger partial charge in [0.25, 0.3) is 5.91 Å². The molecule has 4 N–H and O–H groups in total. The minimum absolute atomic E-state index is 0.0891. The summed E-state index contributed by atoms with van der Waals surface area (Å²) in [6.45, 7) is 3.54. The van der Waals surface area contributed by atoms with Gasteiger partial charge in [0, 0.05) is 35.9 Å². The van der Waals surface area contributed by atoms with Crippen LogP contribution in [0.25, 0.3) is 10.9 Å². The van der Waals surface area contributed by atoms with Crippen LogP contribution >= 0.6 is 0 Å². The van der Waals surface area contributed by atoms with E-state index in [1.807, 2.05) is 16.7 Å². The minimum Gasteiger partial charge on any atom is -0.342 e. The van der Waals surface area contributed by atoms with Crippen LogP contribution in [0, 0.1) is 0 Å². The molecule has 0 aliphatic carbocycles. The lowest BCUT2D eigenvalue weighted by atomic mass is 10.2. The Kier molecular flexibility index (Phi) is 4.18. The zero-order valence-corrected chi connectivity index (χ0v) is 14.4. The van der Waals surface area contributed by atoms with Crippen molar-refractivity contribution in [2.24, 2.45) is 0 Å². The third-order valence-corrected chi connectivity index (χ3v) is 4.61. The molecule has 0 radical (unpaired) electrons. The molecule has 8 nitrogen and oxygen atoms in total. The number of benzene rings is 1. The van der Waals surface area contributed by atoms with Crippen LogP contribution in [0.5, 0.6) is 0 Å². The van der Waals surface area contributed by atoms with Crippen LogP contribution in [-0.2, 0) is 11.3 Å². The zero-order chi connectivity index (χ0) is 18.1. The molecule has 0 saturated carbocycles. The molecular weight excluding hydrogens is 332 g/mol. The van der Waals surface area contributed by atoms with Crippen LogP contribution in [0.4, 0.5) is 5.69 Å². The average molecular weight is 352 g/mol. The Labute approximate surface area is 150 Å². The molecule has 3 aromatic rings. The number of nitrogens with zero attached hydrogens (tertiary/aromatic N) is 2. The predicted molar refractivity (Wildman–Crippen MR) is 97.9 cm³/mol. The lowest BCUT2D eigenvalue weighted by molar-refractivity contribution is -0.115. The highest BCUT2D eigenvalue weighted by Crippen LogP contribution is 2.20. The number of rotatable bonds is 4. The Bertz CT molecular complexity index is 973. The monoisotopic (exact) mass is 352 g/mol. The second-order valence-corrected chi connectivity index (χ2v) is 6.37. The molecular formula is C18H20N6O2. The van der Waals surface area contributed by atoms with Gasteiger partial charge in [-0.15, -0.1) is 0 Å². The maximum Gasteiger partial charge on any atom is 0.268 e. The number of fused-ring (bicyclic) bond motifs is 2. The summed E-state index contributed by atoms with van der Waals surface area (Å²) in [6.07, 6.45) is 1.72. The Morgan fingerprint density at radius 3 is 3.08 bits per heavy atom. The second-order valence-electron chi connectivity index (χ2n) is 6.37. The van der Waals surface area contributed by atoms with Crippen molar-refractivity contribution in [3.8, 4) is 0 Å². The van der Waals surface area contributed by atoms with E-state index in [4.69, 9.17) is 0 Å². The quantitative estimate of drug-likeness (QED) is 0.570. The Morgan fingerprint density at radius 1 is 1.31 bits per heavy atom. The molecule has 8 heteroatoms. The summed E-state index contributed by atoms with van der Waals surface area (Å²) in [5.41, 5.74) is 3.16. The van der Waals surface area contributed by atoms with E-state index in [1.165, 1.54) is 0 Å². The van der Waals surface area contributed by atoms with Gasteiger partial charge in [-0.25, -0.2) is 0 Å². The summed E-state index contributed by atoms with van der Waals surface area (Å²) in [5.74, 6) is -0.526. The fourth-order valence-electron chi connectivity index (χ4n) is 3.28. The number of carbonyl (C=O) groups excluding carboxylic acids is 2. The van der Waals surface area contributed by atoms with E-state index < -0.39 is 0 Å². The normalized spacial score (nSPS) is 16.3. The van der Waals surface area contributed by atoms with Crippen molar-refractivity contribution >= 4 is 28.4 Å². The Hall–Kier alpha value is -3.13. The summed E-state index contributed by atoms with van der Waals surface area (Å²) in [6, 6.07) is 9.44. The van der Waals surface area contributed by atoms with E-state index in [-0.39, 0.29) is 24.4 Å². The summed E-state index contributed by atoms with van der Waals surface area (Å²) in [7, 11) is 0. The third kappa shape index (κ3) is 3.06. The van der Waals surface area contributed by atoms with Gasteiger partial charge in [-0.1, -0.05) is 0 Å². The summed E-state index contributed by atoms with van der Waals surface area (Å²) in [4.78, 5) is 24.6. The first-order valence-electron chi connectivity index (χ1n) is 8.56. The average Bonchev–Trinajstić information content (AvgIpc) is 3.26. The van der Waals surface area contributed by atoms with Gasteiger partial charge in [-0.2, -0.15) is 5.10 Å². The Morgan fingerprint density at radius 2 is 2.19 bits per heavy atom. The van der Waals surface area contributed by atoms with Crippen LogP contribution in [0.1, 0.15) is 29.1 Å². The number of hydrogen-bond acceptors (Lipinski definition) is 4. The van der Waals surface area contributed by atoms with Gasteiger partial charge in [0.15, 0.2) is 0 Å². The maximum absolute atomic E-state index is 12.4. The molecule has 1 aliphatic heterocycles. The number of hydrogen-bond donors (Lipinski definition) is 4. The maximum atomic E-state index is 12.4. The van der Waals surface area contributed by atoms with Crippen molar-refractivity contribution in [3.63, 3.8) is 0 Å². The van der Waals surface area contributed by atoms with E-state index in [2.05, 4.69) is 33.1 Å². The smallest absolute Gasteiger partial charge is 0.268 e. The van der Waals surface area contributed by atoms with Crippen molar-refractivity contribution in [1.82, 2.24) is 25.4 Å². The second kappa shape index (κ2) is 6.64. The van der Waals surface area contributed by atoms with Crippen LogP contribution in [0.2, 0.25) is 0 Å². The molecule has 0 bridgehead atoms. The van der Waals surface area contributed by atoms with Gasteiger partial charge in [0.05, 0.1) is 18.3 Å². The van der Waals surface area contributed by atoms with Crippen molar-refractivity contribution in [3.05, 3.63) is 47.9 Å². The molecule has 2 aromatic heterocycles. The van der Waals surface area contributed by atoms with Gasteiger partial charge in [0.1, 0.15) is 5.69 Å². The topological polar surface area (TPSA) is 104 Å². The predicted octanol–water partition coefficient (Wildman–Crippen LogP) is 1.40. The molecule has 134 valence electrons. The summed E-state index contributed by atoms with van der Waals surface area (Å²) >= 11 is 0. The largest absolute Gasteiger partial charge is 0.342 e. The molecule has 0 saturated heterocycles. The molecule has 2 amide bonds. The van der Waals surface area contributed by atoms with Crippen LogP contribution in [0.3, 0.4) is 0 Å². The van der Waals surface area contributed by atoms with Gasteiger partial charge in [0.2, 0.25) is 5.91 Å². The lowest BCUT2D eigenvalue weighted by Crippen LogP contribution is -2.37. The van der Waals surface area contributed by atoms with E-state index in [1.54, 1.807) is 24.4 Å². The number of anilines is 1. The number of aromatic nitrogens is 3. The van der Waals surface area contributed by atoms with Crippen molar-refractivity contribution in [1.29, 1.82) is 0 Å². The van der Waals surface area contributed by atoms with E-state index >= 15 is 0 Å². The van der Waals surface area contributed by atoms with E-state index in [0.29, 0.717) is 11.4 Å². The fourth-order valence-corrected chi connectivity index (χ4v) is 3.28. The number of carbonyl (C=O) groups is 2. The lowest BCUT2D eigenvalue weighted by Gasteiger charge is -2.24. The van der Waals surface area contributed by atoms with E-state index in [9.17, 15) is 9.59 Å². The first-order valence-corrected chi connectivity index (χ1v) is 8.56. The highest BCUT2D eigenvalue weighted by molar-refractivity contribution is 5.99. The molecule has 0 fully saturated rings. The number of H-pyrrole nitrogens is 1. The van der Waals surface area contributed by atoms with Gasteiger partial charge >= 0.3 is 0 Å². The van der Waals surface area contributed by atoms with Crippen LogP contribution in [-0.4, -0.2) is 39.7 Å². The summed E-state index contributed by atoms with van der Waals surface area (Å²) in [5, 5.41) is 16.6. The highest BCUT2D eigenvalue weighted by Gasteiger charge is 2.21. The number of amides is 2. The number of nitrogens with one attached hydrogen (secondary N) is 4. The van der Waals surface area contributed by atoms with Crippen molar-refractivity contribution in [2.75, 3.05) is 18.4 Å². The SMILES string of the molecule is CC1NCCn2c(C(=O)NCC(=O)Nc3ccc4cn[nH]c4c3)ccc21. The molecule has 3 heterocycles. The minimum atomic E-state index is -0.280. The fraction of sp³-hybridized carbons (Fsp3) is 0.278. The molecule has 1 aliphatic rings. The van der Waals surface area contributed by atoms with Gasteiger partial charge in [-0.3, -0.25) is 14.7 Å². The Balaban J connectivity index is 1.37. The summed E-state index contributed by atoms with van der Waals surface area (Å²) < 4.78 is 2.00. The van der Waals surface area contributed by atoms with Crippen molar-refractivity contribution in [2.45, 2.75) is 19.5 Å². The van der Waals surface area contributed by atoms with Crippen LogP contribution < -0.4 is 16.0 Å². The molecule has 1 atom stereocenters. The first-order chi connectivity index (χ1) is 12.6. The standard InChI is InChI=1S/C18H20N6O2/c1-11-15-4-5-16(24(15)7-6-19-11)18(26)20-10-17(25)22-13-3-2-12-9-21-23-14(12)8-13/h2-5,8-9,11,19H,6-7,10H2,1H3,(H,20,26)(H,21,23)(H,22,25). The molecule has 4 rings (SSSR count). The van der Waals surface area contributed by atoms with E-state index in [0.717, 1.165) is 29.7 Å². The van der Waals surface area contributed by atoms with Gasteiger partial charge < -0.3 is 20.5 Å². The van der Waals surface area contributed by atoms with Crippen molar-refractivity contribution < 1.29 is 9.59 Å². The van der Waals surface area contributed by atoms with Crippen LogP contribution in [0.15, 0.2) is 36.5 Å². The first kappa shape index (κ1) is 16.3. The third-order valence-electron chi connectivity index (χ3n) is 4.61. The molecule has 1 aromatic carbocycles. The molecule has 26 heavy (non-hydrogen) atoms. The zero-order valence-electron chi connectivity index (χ0n) is 14.4. The van der Waals surface area contributed by atoms with Gasteiger partial charge in [-0.05, 0) is 37.3 Å². The number of aromatic amines is 1. The molecule has 0 spiro atoms. The molecule has 1 unspecified atom stereocenters.